The number of ether oxygens (including phenoxy) is 1. The van der Waals surface area contributed by atoms with E-state index in [-0.39, 0.29) is 16.4 Å². The van der Waals surface area contributed by atoms with Gasteiger partial charge in [0, 0.05) is 11.3 Å². The van der Waals surface area contributed by atoms with Gasteiger partial charge in [-0.25, -0.2) is 8.42 Å². The van der Waals surface area contributed by atoms with Crippen molar-refractivity contribution in [2.75, 3.05) is 23.3 Å². The van der Waals surface area contributed by atoms with Gasteiger partial charge < -0.3 is 10.1 Å². The average Bonchev–Trinajstić information content (AvgIpc) is 2.79. The Morgan fingerprint density at radius 1 is 0.941 bits per heavy atom. The van der Waals surface area contributed by atoms with Crippen LogP contribution < -0.4 is 14.4 Å². The molecule has 0 fully saturated rings. The molecule has 0 aromatic heterocycles. The number of aryl methyl sites for hydroxylation is 3. The minimum absolute atomic E-state index is 0.0281. The largest absolute Gasteiger partial charge is 0.495 e. The van der Waals surface area contributed by atoms with Crippen molar-refractivity contribution in [1.82, 2.24) is 0 Å². The zero-order valence-corrected chi connectivity index (χ0v) is 20.7. The third-order valence-electron chi connectivity index (χ3n) is 5.51. The third kappa shape index (κ3) is 5.46. The highest BCUT2D eigenvalue weighted by atomic mass is 32.2. The van der Waals surface area contributed by atoms with Crippen LogP contribution in [-0.4, -0.2) is 33.8 Å². The number of hydrogen-bond acceptors (Lipinski definition) is 5. The first-order valence-corrected chi connectivity index (χ1v) is 12.1. The SMILES string of the molecule is COc1ccc(C)cc1S(=O)(=O)N(CC(=O)Nc1cccc(C(C)=O)c1)c1ccc(C)c(C)c1. The van der Waals surface area contributed by atoms with Gasteiger partial charge in [0.1, 0.15) is 17.2 Å². The summed E-state index contributed by atoms with van der Waals surface area (Å²) in [4.78, 5) is 24.6. The lowest BCUT2D eigenvalue weighted by Gasteiger charge is -2.26. The number of nitrogens with one attached hydrogen (secondary N) is 1. The predicted octanol–water partition coefficient (Wildman–Crippen LogP) is 4.66. The Balaban J connectivity index is 2.03. The number of benzene rings is 3. The van der Waals surface area contributed by atoms with Gasteiger partial charge in [-0.1, -0.05) is 24.3 Å². The Bertz CT molecular complexity index is 1350. The number of ketones is 1. The third-order valence-corrected chi connectivity index (χ3v) is 7.30. The van der Waals surface area contributed by atoms with E-state index in [2.05, 4.69) is 5.32 Å². The highest BCUT2D eigenvalue weighted by molar-refractivity contribution is 7.93. The van der Waals surface area contributed by atoms with Crippen molar-refractivity contribution in [3.05, 3.63) is 82.9 Å². The maximum Gasteiger partial charge on any atom is 0.268 e. The van der Waals surface area contributed by atoms with E-state index >= 15 is 0 Å². The van der Waals surface area contributed by atoms with Crippen LogP contribution in [0.25, 0.3) is 0 Å². The fourth-order valence-corrected chi connectivity index (χ4v) is 5.10. The van der Waals surface area contributed by atoms with Crippen molar-refractivity contribution in [1.29, 1.82) is 0 Å². The Labute approximate surface area is 200 Å². The Hall–Kier alpha value is -3.65. The van der Waals surface area contributed by atoms with Gasteiger partial charge in [-0.05, 0) is 80.8 Å². The Morgan fingerprint density at radius 3 is 2.32 bits per heavy atom. The van der Waals surface area contributed by atoms with Crippen molar-refractivity contribution >= 4 is 33.1 Å². The van der Waals surface area contributed by atoms with Gasteiger partial charge in [-0.15, -0.1) is 0 Å². The molecule has 0 aliphatic carbocycles. The molecule has 3 rings (SSSR count). The van der Waals surface area contributed by atoms with Crippen LogP contribution in [0, 0.1) is 20.8 Å². The van der Waals surface area contributed by atoms with E-state index in [1.54, 1.807) is 55.5 Å². The second-order valence-corrected chi connectivity index (χ2v) is 9.95. The van der Waals surface area contributed by atoms with Crippen molar-refractivity contribution in [2.45, 2.75) is 32.6 Å². The first-order valence-electron chi connectivity index (χ1n) is 10.7. The molecule has 0 saturated heterocycles. The summed E-state index contributed by atoms with van der Waals surface area (Å²) in [6.45, 7) is 6.56. The maximum atomic E-state index is 13.8. The fraction of sp³-hybridized carbons (Fsp3) is 0.231. The molecule has 0 heterocycles. The van der Waals surface area contributed by atoms with Gasteiger partial charge in [0.15, 0.2) is 5.78 Å². The minimum Gasteiger partial charge on any atom is -0.495 e. The molecule has 1 amide bonds. The molecule has 0 saturated carbocycles. The number of rotatable bonds is 8. The Morgan fingerprint density at radius 2 is 1.68 bits per heavy atom. The predicted molar refractivity (Wildman–Crippen MR) is 133 cm³/mol. The van der Waals surface area contributed by atoms with Gasteiger partial charge in [-0.2, -0.15) is 0 Å². The number of nitrogens with zero attached hydrogens (tertiary/aromatic N) is 1. The second kappa shape index (κ2) is 10.1. The van der Waals surface area contributed by atoms with E-state index < -0.39 is 22.5 Å². The normalized spacial score (nSPS) is 11.1. The van der Waals surface area contributed by atoms with E-state index in [1.807, 2.05) is 19.9 Å². The summed E-state index contributed by atoms with van der Waals surface area (Å²) in [6.07, 6.45) is 0. The molecule has 3 aromatic rings. The minimum atomic E-state index is -4.16. The molecule has 34 heavy (non-hydrogen) atoms. The van der Waals surface area contributed by atoms with E-state index in [0.717, 1.165) is 21.0 Å². The lowest BCUT2D eigenvalue weighted by atomic mass is 10.1. The van der Waals surface area contributed by atoms with Crippen molar-refractivity contribution in [2.24, 2.45) is 0 Å². The number of anilines is 2. The monoisotopic (exact) mass is 480 g/mol. The molecule has 0 atom stereocenters. The van der Waals surface area contributed by atoms with Crippen molar-refractivity contribution < 1.29 is 22.7 Å². The highest BCUT2D eigenvalue weighted by Gasteiger charge is 2.30. The summed E-state index contributed by atoms with van der Waals surface area (Å²) in [5, 5.41) is 2.70. The number of carbonyl (C=O) groups is 2. The number of methoxy groups -OCH3 is 1. The highest BCUT2D eigenvalue weighted by Crippen LogP contribution is 2.31. The van der Waals surface area contributed by atoms with Crippen LogP contribution in [0.15, 0.2) is 65.6 Å². The quantitative estimate of drug-likeness (QED) is 0.474. The molecule has 0 bridgehead atoms. The van der Waals surface area contributed by atoms with Crippen LogP contribution >= 0.6 is 0 Å². The zero-order valence-electron chi connectivity index (χ0n) is 19.9. The lowest BCUT2D eigenvalue weighted by molar-refractivity contribution is -0.114. The summed E-state index contributed by atoms with van der Waals surface area (Å²) in [6, 6.07) is 16.6. The van der Waals surface area contributed by atoms with Gasteiger partial charge in [0.25, 0.3) is 10.0 Å². The number of sulfonamides is 1. The standard InChI is InChI=1S/C26H28N2O5S/c1-17-9-12-24(33-5)25(13-17)34(31,32)28(23-11-10-18(2)19(3)14-23)16-26(30)27-22-8-6-7-21(15-22)20(4)29/h6-15H,16H2,1-5H3,(H,27,30). The summed E-state index contributed by atoms with van der Waals surface area (Å²) < 4.78 is 34.0. The molecule has 0 unspecified atom stereocenters. The molecule has 3 aromatic carbocycles. The zero-order chi connectivity index (χ0) is 25.0. The van der Waals surface area contributed by atoms with Crippen LogP contribution in [0.1, 0.15) is 34.0 Å². The first kappa shape index (κ1) is 25.0. The average molecular weight is 481 g/mol. The van der Waals surface area contributed by atoms with Gasteiger partial charge >= 0.3 is 0 Å². The summed E-state index contributed by atoms with van der Waals surface area (Å²) in [5.41, 5.74) is 3.84. The van der Waals surface area contributed by atoms with E-state index in [4.69, 9.17) is 4.74 Å². The number of amides is 1. The molecule has 8 heteroatoms. The first-order chi connectivity index (χ1) is 16.0. The lowest BCUT2D eigenvalue weighted by Crippen LogP contribution is -2.38. The molecule has 178 valence electrons. The van der Waals surface area contributed by atoms with Crippen LogP contribution in [0.5, 0.6) is 5.75 Å². The topological polar surface area (TPSA) is 92.8 Å². The molecule has 0 spiro atoms. The molecule has 7 nitrogen and oxygen atoms in total. The number of carbonyl (C=O) groups excluding carboxylic acids is 2. The van der Waals surface area contributed by atoms with Gasteiger partial charge in [0.05, 0.1) is 12.8 Å². The van der Waals surface area contributed by atoms with Gasteiger partial charge in [0.2, 0.25) is 5.91 Å². The molecular formula is C26H28N2O5S. The molecule has 0 radical (unpaired) electrons. The fourth-order valence-electron chi connectivity index (χ4n) is 3.45. The van der Waals surface area contributed by atoms with E-state index in [0.29, 0.717) is 16.9 Å². The van der Waals surface area contributed by atoms with Crippen molar-refractivity contribution in [3.63, 3.8) is 0 Å². The van der Waals surface area contributed by atoms with Crippen molar-refractivity contribution in [3.8, 4) is 5.75 Å². The summed E-state index contributed by atoms with van der Waals surface area (Å²) in [7, 11) is -2.76. The maximum absolute atomic E-state index is 13.8. The Kier molecular flexibility index (Phi) is 7.41. The van der Waals surface area contributed by atoms with Crippen LogP contribution in [0.4, 0.5) is 11.4 Å². The smallest absolute Gasteiger partial charge is 0.268 e. The van der Waals surface area contributed by atoms with Crippen LogP contribution in [0.3, 0.4) is 0 Å². The molecule has 0 aliphatic heterocycles. The summed E-state index contributed by atoms with van der Waals surface area (Å²) >= 11 is 0. The van der Waals surface area contributed by atoms with E-state index in [9.17, 15) is 18.0 Å². The van der Waals surface area contributed by atoms with Crippen LogP contribution in [-0.2, 0) is 14.8 Å². The van der Waals surface area contributed by atoms with Gasteiger partial charge in [-0.3, -0.25) is 13.9 Å². The molecule has 1 N–H and O–H groups in total. The summed E-state index contributed by atoms with van der Waals surface area (Å²) in [5.74, 6) is -0.495. The molecular weight excluding hydrogens is 452 g/mol. The number of Topliss-reactive ketones (excluding diaryl/α,β-unsaturated/α-hetero) is 1. The van der Waals surface area contributed by atoms with E-state index in [1.165, 1.54) is 20.1 Å². The molecule has 0 aliphatic rings. The second-order valence-electron chi connectivity index (χ2n) is 8.12. The van der Waals surface area contributed by atoms with Crippen LogP contribution in [0.2, 0.25) is 0 Å². The number of hydrogen-bond donors (Lipinski definition) is 1.